The first-order valence-electron chi connectivity index (χ1n) is 6.57. The molecule has 0 radical (unpaired) electrons. The number of amides is 1. The number of carbonyl (C=O) groups excluding carboxylic acids is 2. The lowest BCUT2D eigenvalue weighted by Crippen LogP contribution is -2.22. The van der Waals surface area contributed by atoms with E-state index in [0.29, 0.717) is 5.69 Å². The predicted octanol–water partition coefficient (Wildman–Crippen LogP) is 1.47. The number of aryl methyl sites for hydroxylation is 2. The lowest BCUT2D eigenvalue weighted by Gasteiger charge is -2.08. The maximum atomic E-state index is 11.8. The normalized spacial score (nSPS) is 10.1. The second-order valence-electron chi connectivity index (χ2n) is 4.79. The molecule has 0 unspecified atom stereocenters. The Bertz CT molecular complexity index is 695. The van der Waals surface area contributed by atoms with Crippen LogP contribution in [-0.4, -0.2) is 28.5 Å². The zero-order chi connectivity index (χ0) is 16.1. The Hall–Kier alpha value is -2.96. The van der Waals surface area contributed by atoms with Crippen molar-refractivity contribution in [2.24, 2.45) is 0 Å². The summed E-state index contributed by atoms with van der Waals surface area (Å²) in [7, 11) is 0. The molecule has 7 heteroatoms. The van der Waals surface area contributed by atoms with Gasteiger partial charge in [-0.05, 0) is 37.1 Å². The molecular weight excluding hydrogens is 284 g/mol. The van der Waals surface area contributed by atoms with Crippen LogP contribution in [0, 0.1) is 13.8 Å². The Morgan fingerprint density at radius 2 is 1.77 bits per heavy atom. The van der Waals surface area contributed by atoms with Crippen molar-refractivity contribution in [1.82, 2.24) is 9.97 Å². The monoisotopic (exact) mass is 300 g/mol. The summed E-state index contributed by atoms with van der Waals surface area (Å²) in [6, 6.07) is 5.65. The third-order valence-corrected chi connectivity index (χ3v) is 2.76. The molecule has 0 fully saturated rings. The van der Waals surface area contributed by atoms with E-state index < -0.39 is 18.5 Å². The summed E-state index contributed by atoms with van der Waals surface area (Å²) in [4.78, 5) is 31.0. The van der Waals surface area contributed by atoms with Gasteiger partial charge in [-0.3, -0.25) is 4.79 Å². The van der Waals surface area contributed by atoms with Gasteiger partial charge in [0.1, 0.15) is 0 Å². The molecule has 7 nitrogen and oxygen atoms in total. The van der Waals surface area contributed by atoms with Crippen LogP contribution in [-0.2, 0) is 9.53 Å². The third kappa shape index (κ3) is 4.02. The SMILES string of the molecule is Cc1cc(C)cc(NC(=O)COC(=O)c2nccnc2N)c1. The van der Waals surface area contributed by atoms with Crippen molar-refractivity contribution in [3.63, 3.8) is 0 Å². The zero-order valence-corrected chi connectivity index (χ0v) is 12.3. The van der Waals surface area contributed by atoms with Gasteiger partial charge in [0.05, 0.1) is 0 Å². The predicted molar refractivity (Wildman–Crippen MR) is 81.3 cm³/mol. The number of nitrogen functional groups attached to an aromatic ring is 1. The molecule has 0 aliphatic carbocycles. The van der Waals surface area contributed by atoms with E-state index in [1.807, 2.05) is 32.0 Å². The molecule has 1 heterocycles. The molecule has 2 rings (SSSR count). The second-order valence-corrected chi connectivity index (χ2v) is 4.79. The molecule has 2 aromatic rings. The van der Waals surface area contributed by atoms with Crippen LogP contribution in [0.5, 0.6) is 0 Å². The van der Waals surface area contributed by atoms with Crippen LogP contribution in [0.25, 0.3) is 0 Å². The quantitative estimate of drug-likeness (QED) is 0.828. The summed E-state index contributed by atoms with van der Waals surface area (Å²) in [5.74, 6) is -1.27. The molecule has 0 aliphatic rings. The van der Waals surface area contributed by atoms with Crippen LogP contribution < -0.4 is 11.1 Å². The fraction of sp³-hybridized carbons (Fsp3) is 0.200. The van der Waals surface area contributed by atoms with Crippen molar-refractivity contribution in [3.05, 3.63) is 47.4 Å². The molecule has 22 heavy (non-hydrogen) atoms. The molecule has 0 atom stereocenters. The van der Waals surface area contributed by atoms with E-state index in [9.17, 15) is 9.59 Å². The Balaban J connectivity index is 1.93. The molecule has 114 valence electrons. The lowest BCUT2D eigenvalue weighted by atomic mass is 10.1. The van der Waals surface area contributed by atoms with Gasteiger partial charge in [-0.2, -0.15) is 0 Å². The minimum Gasteiger partial charge on any atom is -0.451 e. The average molecular weight is 300 g/mol. The molecule has 1 amide bonds. The fourth-order valence-corrected chi connectivity index (χ4v) is 1.95. The molecule has 0 saturated carbocycles. The number of ether oxygens (including phenoxy) is 1. The number of carbonyl (C=O) groups is 2. The van der Waals surface area contributed by atoms with Crippen LogP contribution in [0.2, 0.25) is 0 Å². The second kappa shape index (κ2) is 6.66. The van der Waals surface area contributed by atoms with Gasteiger partial charge in [-0.25, -0.2) is 14.8 Å². The topological polar surface area (TPSA) is 107 Å². The smallest absolute Gasteiger partial charge is 0.361 e. The Morgan fingerprint density at radius 3 is 2.41 bits per heavy atom. The van der Waals surface area contributed by atoms with Crippen molar-refractivity contribution in [2.75, 3.05) is 17.7 Å². The number of nitrogens with two attached hydrogens (primary N) is 1. The van der Waals surface area contributed by atoms with Gasteiger partial charge >= 0.3 is 5.97 Å². The van der Waals surface area contributed by atoms with Gasteiger partial charge in [-0.15, -0.1) is 0 Å². The number of aromatic nitrogens is 2. The number of rotatable bonds is 4. The van der Waals surface area contributed by atoms with E-state index in [0.717, 1.165) is 11.1 Å². The summed E-state index contributed by atoms with van der Waals surface area (Å²) in [5.41, 5.74) is 8.11. The molecule has 3 N–H and O–H groups in total. The van der Waals surface area contributed by atoms with Crippen molar-refractivity contribution >= 4 is 23.4 Å². The highest BCUT2D eigenvalue weighted by Crippen LogP contribution is 2.13. The van der Waals surface area contributed by atoms with Gasteiger partial charge in [0.15, 0.2) is 18.1 Å². The van der Waals surface area contributed by atoms with Crippen LogP contribution >= 0.6 is 0 Å². The van der Waals surface area contributed by atoms with Crippen LogP contribution in [0.1, 0.15) is 21.6 Å². The van der Waals surface area contributed by atoms with E-state index >= 15 is 0 Å². The number of nitrogens with zero attached hydrogens (tertiary/aromatic N) is 2. The van der Waals surface area contributed by atoms with Gasteiger partial charge in [0.2, 0.25) is 0 Å². The van der Waals surface area contributed by atoms with Crippen LogP contribution in [0.15, 0.2) is 30.6 Å². The average Bonchev–Trinajstić information content (AvgIpc) is 2.44. The Kier molecular flexibility index (Phi) is 4.67. The highest BCUT2D eigenvalue weighted by molar-refractivity contribution is 5.96. The van der Waals surface area contributed by atoms with E-state index in [1.165, 1.54) is 12.4 Å². The molecule has 0 aliphatic heterocycles. The standard InChI is InChI=1S/C15H16N4O3/c1-9-5-10(2)7-11(6-9)19-12(20)8-22-15(21)13-14(16)18-4-3-17-13/h3-7H,8H2,1-2H3,(H2,16,18)(H,19,20). The van der Waals surface area contributed by atoms with Gasteiger partial charge in [0.25, 0.3) is 5.91 Å². The van der Waals surface area contributed by atoms with E-state index in [-0.39, 0.29) is 11.5 Å². The van der Waals surface area contributed by atoms with Crippen molar-refractivity contribution in [3.8, 4) is 0 Å². The zero-order valence-electron chi connectivity index (χ0n) is 12.3. The summed E-state index contributed by atoms with van der Waals surface area (Å²) < 4.78 is 4.87. The number of hydrogen-bond donors (Lipinski definition) is 2. The summed E-state index contributed by atoms with van der Waals surface area (Å²) in [5, 5.41) is 2.66. The maximum Gasteiger partial charge on any atom is 0.361 e. The molecule has 1 aromatic heterocycles. The first kappa shape index (κ1) is 15.4. The Morgan fingerprint density at radius 1 is 1.14 bits per heavy atom. The van der Waals surface area contributed by atoms with E-state index in [1.54, 1.807) is 0 Å². The molecule has 0 saturated heterocycles. The molecule has 0 spiro atoms. The van der Waals surface area contributed by atoms with Crippen molar-refractivity contribution in [2.45, 2.75) is 13.8 Å². The first-order valence-corrected chi connectivity index (χ1v) is 6.57. The van der Waals surface area contributed by atoms with Gasteiger partial charge < -0.3 is 15.8 Å². The molecule has 0 bridgehead atoms. The highest BCUT2D eigenvalue weighted by atomic mass is 16.5. The van der Waals surface area contributed by atoms with Crippen molar-refractivity contribution in [1.29, 1.82) is 0 Å². The number of benzene rings is 1. The Labute approximate surface area is 127 Å². The minimum absolute atomic E-state index is 0.0396. The molecule has 1 aromatic carbocycles. The molecular formula is C15H16N4O3. The fourth-order valence-electron chi connectivity index (χ4n) is 1.95. The van der Waals surface area contributed by atoms with Crippen LogP contribution in [0.4, 0.5) is 11.5 Å². The summed E-state index contributed by atoms with van der Waals surface area (Å²) in [6.07, 6.45) is 2.68. The van der Waals surface area contributed by atoms with Crippen molar-refractivity contribution < 1.29 is 14.3 Å². The summed E-state index contributed by atoms with van der Waals surface area (Å²) in [6.45, 7) is 3.43. The number of hydrogen-bond acceptors (Lipinski definition) is 6. The maximum absolute atomic E-state index is 11.8. The van der Waals surface area contributed by atoms with Gasteiger partial charge in [0, 0.05) is 18.1 Å². The third-order valence-electron chi connectivity index (χ3n) is 2.76. The van der Waals surface area contributed by atoms with E-state index in [4.69, 9.17) is 10.5 Å². The minimum atomic E-state index is -0.791. The van der Waals surface area contributed by atoms with E-state index in [2.05, 4.69) is 15.3 Å². The first-order chi connectivity index (χ1) is 10.5. The number of nitrogens with one attached hydrogen (secondary N) is 1. The lowest BCUT2D eigenvalue weighted by molar-refractivity contribution is -0.119. The van der Waals surface area contributed by atoms with Gasteiger partial charge in [-0.1, -0.05) is 6.07 Å². The number of esters is 1. The largest absolute Gasteiger partial charge is 0.451 e. The highest BCUT2D eigenvalue weighted by Gasteiger charge is 2.15. The van der Waals surface area contributed by atoms with Crippen LogP contribution in [0.3, 0.4) is 0 Å². The number of anilines is 2. The summed E-state index contributed by atoms with van der Waals surface area (Å²) >= 11 is 0.